The Labute approximate surface area is 120 Å². The van der Waals surface area contributed by atoms with Gasteiger partial charge in [0.05, 0.1) is 11.4 Å². The third kappa shape index (κ3) is 2.38. The molecule has 1 amide bonds. The van der Waals surface area contributed by atoms with Crippen LogP contribution in [0.5, 0.6) is 0 Å². The Bertz CT molecular complexity index is 634. The van der Waals surface area contributed by atoms with Gasteiger partial charge in [-0.2, -0.15) is 0 Å². The van der Waals surface area contributed by atoms with Crippen molar-refractivity contribution < 1.29 is 4.79 Å². The van der Waals surface area contributed by atoms with E-state index in [0.29, 0.717) is 11.4 Å². The van der Waals surface area contributed by atoms with Gasteiger partial charge < -0.3 is 15.2 Å². The lowest BCUT2D eigenvalue weighted by Crippen LogP contribution is -2.29. The second kappa shape index (κ2) is 5.09. The number of nitrogen functional groups attached to an aromatic ring is 1. The van der Waals surface area contributed by atoms with Crippen LogP contribution in [0.2, 0.25) is 0 Å². The number of nitrogens with two attached hydrogens (primary N) is 1. The molecule has 0 saturated carbocycles. The van der Waals surface area contributed by atoms with E-state index in [9.17, 15) is 4.79 Å². The molecule has 19 heavy (non-hydrogen) atoms. The van der Waals surface area contributed by atoms with Gasteiger partial charge in [0, 0.05) is 24.3 Å². The van der Waals surface area contributed by atoms with Crippen molar-refractivity contribution in [1.82, 2.24) is 4.57 Å². The SMILES string of the molecule is Cc1cc(N)c(C(=O)N(C)c2ccccc2Br)n1C. The number of anilines is 2. The summed E-state index contributed by atoms with van der Waals surface area (Å²) in [5.74, 6) is -0.125. The standard InChI is InChI=1S/C14H16BrN3O/c1-9-8-11(16)13(17(9)2)14(19)18(3)12-7-5-4-6-10(12)15/h4-8H,16H2,1-3H3. The van der Waals surface area contributed by atoms with E-state index in [2.05, 4.69) is 15.9 Å². The molecule has 0 atom stereocenters. The zero-order valence-corrected chi connectivity index (χ0v) is 12.7. The van der Waals surface area contributed by atoms with Gasteiger partial charge in [-0.1, -0.05) is 12.1 Å². The Hall–Kier alpha value is -1.75. The van der Waals surface area contributed by atoms with Crippen LogP contribution in [-0.2, 0) is 7.05 Å². The van der Waals surface area contributed by atoms with Crippen molar-refractivity contribution in [2.75, 3.05) is 17.7 Å². The molecule has 2 aromatic rings. The molecule has 2 N–H and O–H groups in total. The molecule has 5 heteroatoms. The fourth-order valence-corrected chi connectivity index (χ4v) is 2.57. The van der Waals surface area contributed by atoms with Crippen LogP contribution in [0.1, 0.15) is 16.2 Å². The Morgan fingerprint density at radius 2 is 2.00 bits per heavy atom. The highest BCUT2D eigenvalue weighted by atomic mass is 79.9. The van der Waals surface area contributed by atoms with E-state index in [-0.39, 0.29) is 5.91 Å². The first-order valence-corrected chi connectivity index (χ1v) is 6.67. The van der Waals surface area contributed by atoms with Gasteiger partial charge in [0.1, 0.15) is 5.69 Å². The largest absolute Gasteiger partial charge is 0.397 e. The van der Waals surface area contributed by atoms with Gasteiger partial charge in [-0.05, 0) is 41.1 Å². The summed E-state index contributed by atoms with van der Waals surface area (Å²) in [7, 11) is 3.58. The molecule has 0 aliphatic carbocycles. The molecule has 0 aliphatic rings. The summed E-state index contributed by atoms with van der Waals surface area (Å²) in [6.45, 7) is 1.92. The topological polar surface area (TPSA) is 51.3 Å². The summed E-state index contributed by atoms with van der Waals surface area (Å²) in [5, 5.41) is 0. The van der Waals surface area contributed by atoms with Crippen LogP contribution in [0.15, 0.2) is 34.8 Å². The quantitative estimate of drug-likeness (QED) is 0.924. The molecular formula is C14H16BrN3O. The van der Waals surface area contributed by atoms with Crippen LogP contribution in [-0.4, -0.2) is 17.5 Å². The summed E-state index contributed by atoms with van der Waals surface area (Å²) >= 11 is 3.45. The average molecular weight is 322 g/mol. The van der Waals surface area contributed by atoms with Crippen LogP contribution >= 0.6 is 15.9 Å². The zero-order valence-electron chi connectivity index (χ0n) is 11.1. The smallest absolute Gasteiger partial charge is 0.276 e. The van der Waals surface area contributed by atoms with Crippen molar-refractivity contribution >= 4 is 33.2 Å². The first kappa shape index (κ1) is 13.7. The van der Waals surface area contributed by atoms with Crippen LogP contribution in [0.3, 0.4) is 0 Å². The Balaban J connectivity index is 2.42. The molecule has 2 rings (SSSR count). The van der Waals surface area contributed by atoms with E-state index >= 15 is 0 Å². The molecule has 0 radical (unpaired) electrons. The average Bonchev–Trinajstić information content (AvgIpc) is 2.62. The van der Waals surface area contributed by atoms with Crippen LogP contribution in [0.25, 0.3) is 0 Å². The fraction of sp³-hybridized carbons (Fsp3) is 0.214. The van der Waals surface area contributed by atoms with E-state index in [1.54, 1.807) is 18.0 Å². The van der Waals surface area contributed by atoms with E-state index < -0.39 is 0 Å². The monoisotopic (exact) mass is 321 g/mol. The summed E-state index contributed by atoms with van der Waals surface area (Å²) in [5.41, 5.74) is 8.70. The molecule has 1 heterocycles. The maximum atomic E-state index is 12.6. The minimum atomic E-state index is -0.125. The van der Waals surface area contributed by atoms with E-state index in [0.717, 1.165) is 15.9 Å². The third-order valence-corrected chi connectivity index (χ3v) is 3.89. The molecule has 0 bridgehead atoms. The highest BCUT2D eigenvalue weighted by Crippen LogP contribution is 2.27. The van der Waals surface area contributed by atoms with Crippen LogP contribution < -0.4 is 10.6 Å². The van der Waals surface area contributed by atoms with E-state index in [4.69, 9.17) is 5.73 Å². The molecule has 0 saturated heterocycles. The predicted octanol–water partition coefficient (Wildman–Crippen LogP) is 2.95. The highest BCUT2D eigenvalue weighted by Gasteiger charge is 2.21. The molecule has 1 aromatic carbocycles. The lowest BCUT2D eigenvalue weighted by atomic mass is 10.2. The van der Waals surface area contributed by atoms with Gasteiger partial charge in [0.2, 0.25) is 0 Å². The summed E-state index contributed by atoms with van der Waals surface area (Å²) in [4.78, 5) is 14.1. The lowest BCUT2D eigenvalue weighted by Gasteiger charge is -2.19. The number of hydrogen-bond donors (Lipinski definition) is 1. The summed E-state index contributed by atoms with van der Waals surface area (Å²) in [6, 6.07) is 9.39. The number of aryl methyl sites for hydroxylation is 1. The summed E-state index contributed by atoms with van der Waals surface area (Å²) in [6.07, 6.45) is 0. The molecule has 0 aliphatic heterocycles. The molecule has 0 fully saturated rings. The van der Waals surface area contributed by atoms with Gasteiger partial charge in [0.15, 0.2) is 0 Å². The van der Waals surface area contributed by atoms with Gasteiger partial charge in [-0.3, -0.25) is 4.79 Å². The number of hydrogen-bond acceptors (Lipinski definition) is 2. The first-order chi connectivity index (χ1) is 8.93. The molecule has 0 unspecified atom stereocenters. The molecule has 1 aromatic heterocycles. The van der Waals surface area contributed by atoms with Crippen LogP contribution in [0, 0.1) is 6.92 Å². The number of nitrogens with zero attached hydrogens (tertiary/aromatic N) is 2. The number of rotatable bonds is 2. The lowest BCUT2D eigenvalue weighted by molar-refractivity contribution is 0.0986. The number of carbonyl (C=O) groups is 1. The normalized spacial score (nSPS) is 10.5. The van der Waals surface area contributed by atoms with E-state index in [1.807, 2.05) is 42.8 Å². The summed E-state index contributed by atoms with van der Waals surface area (Å²) < 4.78 is 2.68. The van der Waals surface area contributed by atoms with Crippen LogP contribution in [0.4, 0.5) is 11.4 Å². The molecular weight excluding hydrogens is 306 g/mol. The zero-order chi connectivity index (χ0) is 14.2. The Kier molecular flexibility index (Phi) is 3.66. The van der Waals surface area contributed by atoms with Gasteiger partial charge in [0.25, 0.3) is 5.91 Å². The minimum Gasteiger partial charge on any atom is -0.397 e. The number of benzene rings is 1. The van der Waals surface area contributed by atoms with E-state index in [1.165, 1.54) is 0 Å². The maximum Gasteiger partial charge on any atom is 0.276 e. The van der Waals surface area contributed by atoms with Gasteiger partial charge in [-0.15, -0.1) is 0 Å². The molecule has 4 nitrogen and oxygen atoms in total. The first-order valence-electron chi connectivity index (χ1n) is 5.88. The number of aromatic nitrogens is 1. The maximum absolute atomic E-state index is 12.6. The molecule has 0 spiro atoms. The number of carbonyl (C=O) groups excluding carboxylic acids is 1. The number of halogens is 1. The fourth-order valence-electron chi connectivity index (χ4n) is 2.02. The Morgan fingerprint density at radius 1 is 1.37 bits per heavy atom. The van der Waals surface area contributed by atoms with Crippen molar-refractivity contribution in [3.63, 3.8) is 0 Å². The van der Waals surface area contributed by atoms with Gasteiger partial charge in [-0.25, -0.2) is 0 Å². The van der Waals surface area contributed by atoms with Gasteiger partial charge >= 0.3 is 0 Å². The van der Waals surface area contributed by atoms with Crippen molar-refractivity contribution in [2.45, 2.75) is 6.92 Å². The van der Waals surface area contributed by atoms with Crippen molar-refractivity contribution in [3.05, 3.63) is 46.2 Å². The van der Waals surface area contributed by atoms with Crippen molar-refractivity contribution in [1.29, 1.82) is 0 Å². The van der Waals surface area contributed by atoms with Crippen molar-refractivity contribution in [3.8, 4) is 0 Å². The highest BCUT2D eigenvalue weighted by molar-refractivity contribution is 9.10. The molecule has 100 valence electrons. The Morgan fingerprint density at radius 3 is 2.53 bits per heavy atom. The second-order valence-corrected chi connectivity index (χ2v) is 5.32. The predicted molar refractivity (Wildman–Crippen MR) is 81.4 cm³/mol. The third-order valence-electron chi connectivity index (χ3n) is 3.22. The number of amides is 1. The minimum absolute atomic E-state index is 0.125. The van der Waals surface area contributed by atoms with Crippen molar-refractivity contribution in [2.24, 2.45) is 7.05 Å². The number of para-hydroxylation sites is 1. The second-order valence-electron chi connectivity index (χ2n) is 4.46.